The van der Waals surface area contributed by atoms with E-state index in [1.54, 1.807) is 12.4 Å². The molecule has 0 bridgehead atoms. The van der Waals surface area contributed by atoms with Crippen LogP contribution in [0.15, 0.2) is 12.4 Å². The van der Waals surface area contributed by atoms with Crippen LogP contribution in [0, 0.1) is 0 Å². The highest BCUT2D eigenvalue weighted by Crippen LogP contribution is 2.12. The van der Waals surface area contributed by atoms with E-state index in [4.69, 9.17) is 0 Å². The van der Waals surface area contributed by atoms with E-state index in [2.05, 4.69) is 44.2 Å². The van der Waals surface area contributed by atoms with Gasteiger partial charge in [0.05, 0.1) is 12.4 Å². The Morgan fingerprint density at radius 3 is 1.60 bits per heavy atom. The highest BCUT2D eigenvalue weighted by atomic mass is 15.2. The molecule has 0 aliphatic heterocycles. The van der Waals surface area contributed by atoms with Gasteiger partial charge in [0.2, 0.25) is 0 Å². The summed E-state index contributed by atoms with van der Waals surface area (Å²) >= 11 is 0. The maximum absolute atomic E-state index is 4.50. The number of hydrogen-bond donors (Lipinski definition) is 0. The molecule has 0 fully saturated rings. The lowest BCUT2D eigenvalue weighted by molar-refractivity contribution is 0.722. The zero-order chi connectivity index (χ0) is 14.2. The van der Waals surface area contributed by atoms with Crippen LogP contribution in [0.4, 0.5) is 0 Å². The lowest BCUT2D eigenvalue weighted by atomic mass is 10.2. The van der Waals surface area contributed by atoms with Crippen LogP contribution >= 0.6 is 0 Å². The summed E-state index contributed by atoms with van der Waals surface area (Å²) in [5.74, 6) is 1.52. The summed E-state index contributed by atoms with van der Waals surface area (Å²) in [4.78, 5) is 9.00. The number of nitrogens with zero attached hydrogens (tertiary/aromatic N) is 6. The molecule has 0 aromatic carbocycles. The number of aryl methyl sites for hydroxylation is 2. The maximum Gasteiger partial charge on any atom is 0.151 e. The summed E-state index contributed by atoms with van der Waals surface area (Å²) in [7, 11) is 0. The van der Waals surface area contributed by atoms with Crippen molar-refractivity contribution in [3.05, 3.63) is 24.0 Å². The Hall–Kier alpha value is -1.98. The van der Waals surface area contributed by atoms with Crippen LogP contribution < -0.4 is 0 Å². The highest BCUT2D eigenvalue weighted by Gasteiger charge is 2.07. The molecule has 0 aliphatic rings. The largest absolute Gasteiger partial charge is 0.228 e. The van der Waals surface area contributed by atoms with Crippen LogP contribution in [0.25, 0.3) is 11.4 Å². The highest BCUT2D eigenvalue weighted by molar-refractivity contribution is 5.50. The molecule has 0 radical (unpaired) electrons. The Labute approximate surface area is 119 Å². The Morgan fingerprint density at radius 2 is 1.20 bits per heavy atom. The second-order valence-corrected chi connectivity index (χ2v) is 4.72. The minimum atomic E-state index is 0.721. The summed E-state index contributed by atoms with van der Waals surface area (Å²) in [5, 5.41) is 16.1. The van der Waals surface area contributed by atoms with Crippen molar-refractivity contribution in [2.24, 2.45) is 0 Å². The van der Waals surface area contributed by atoms with Gasteiger partial charge in [0.15, 0.2) is 11.6 Å². The zero-order valence-corrected chi connectivity index (χ0v) is 12.1. The molecule has 6 heteroatoms. The van der Waals surface area contributed by atoms with Gasteiger partial charge in [0.25, 0.3) is 0 Å². The summed E-state index contributed by atoms with van der Waals surface area (Å²) < 4.78 is 0. The second-order valence-electron chi connectivity index (χ2n) is 4.72. The van der Waals surface area contributed by atoms with Crippen LogP contribution in [0.3, 0.4) is 0 Å². The SMILES string of the molecule is CCCCc1nncc(-c2cnnc(CCCC)n2)n1. The number of unbranched alkanes of at least 4 members (excludes halogenated alkanes) is 2. The van der Waals surface area contributed by atoms with Crippen molar-refractivity contribution in [1.29, 1.82) is 0 Å². The van der Waals surface area contributed by atoms with Crippen molar-refractivity contribution in [2.45, 2.75) is 52.4 Å². The maximum atomic E-state index is 4.50. The molecule has 0 saturated carbocycles. The first kappa shape index (κ1) is 14.4. The molecule has 0 N–H and O–H groups in total. The number of rotatable bonds is 7. The van der Waals surface area contributed by atoms with Crippen LogP contribution in [-0.4, -0.2) is 30.4 Å². The average Bonchev–Trinajstić information content (AvgIpc) is 2.51. The van der Waals surface area contributed by atoms with E-state index < -0.39 is 0 Å². The van der Waals surface area contributed by atoms with Crippen molar-refractivity contribution >= 4 is 0 Å². The molecule has 2 heterocycles. The van der Waals surface area contributed by atoms with Crippen molar-refractivity contribution in [3.8, 4) is 11.4 Å². The van der Waals surface area contributed by atoms with Crippen molar-refractivity contribution < 1.29 is 0 Å². The monoisotopic (exact) mass is 272 g/mol. The van der Waals surface area contributed by atoms with Gasteiger partial charge in [0.1, 0.15) is 11.4 Å². The Kier molecular flexibility index (Phi) is 5.46. The first-order chi connectivity index (χ1) is 9.83. The van der Waals surface area contributed by atoms with Gasteiger partial charge >= 0.3 is 0 Å². The third-order valence-electron chi connectivity index (χ3n) is 2.98. The Morgan fingerprint density at radius 1 is 0.750 bits per heavy atom. The van der Waals surface area contributed by atoms with Gasteiger partial charge < -0.3 is 0 Å². The smallest absolute Gasteiger partial charge is 0.151 e. The molecule has 0 amide bonds. The van der Waals surface area contributed by atoms with Crippen LogP contribution in [0.2, 0.25) is 0 Å². The van der Waals surface area contributed by atoms with Crippen LogP contribution in [0.1, 0.15) is 51.2 Å². The predicted octanol–water partition coefficient (Wildman–Crippen LogP) is 2.41. The van der Waals surface area contributed by atoms with E-state index in [-0.39, 0.29) is 0 Å². The van der Waals surface area contributed by atoms with Gasteiger partial charge in [-0.1, -0.05) is 26.7 Å². The predicted molar refractivity (Wildman–Crippen MR) is 75.9 cm³/mol. The molecule has 106 valence electrons. The molecular formula is C14H20N6. The Bertz CT molecular complexity index is 493. The van der Waals surface area contributed by atoms with Gasteiger partial charge in [-0.05, 0) is 12.8 Å². The zero-order valence-electron chi connectivity index (χ0n) is 12.1. The van der Waals surface area contributed by atoms with Gasteiger partial charge in [-0.2, -0.15) is 10.2 Å². The summed E-state index contributed by atoms with van der Waals surface area (Å²) in [6.07, 6.45) is 9.31. The molecule has 0 spiro atoms. The van der Waals surface area contributed by atoms with Gasteiger partial charge in [-0.25, -0.2) is 9.97 Å². The second kappa shape index (κ2) is 7.57. The Balaban J connectivity index is 2.17. The average molecular weight is 272 g/mol. The standard InChI is InChI=1S/C14H20N6/c1-3-5-7-13-17-11(9-15-19-13)12-10-16-20-14(18-12)8-6-4-2/h9-10H,3-8H2,1-2H3. The van der Waals surface area contributed by atoms with Crippen molar-refractivity contribution in [1.82, 2.24) is 30.4 Å². The van der Waals surface area contributed by atoms with E-state index in [0.29, 0.717) is 0 Å². The lowest BCUT2D eigenvalue weighted by Crippen LogP contribution is -2.03. The molecule has 0 atom stereocenters. The van der Waals surface area contributed by atoms with E-state index >= 15 is 0 Å². The van der Waals surface area contributed by atoms with Crippen LogP contribution in [-0.2, 0) is 12.8 Å². The molecule has 2 rings (SSSR count). The van der Waals surface area contributed by atoms with E-state index in [0.717, 1.165) is 61.6 Å². The molecule has 2 aromatic heterocycles. The third-order valence-corrected chi connectivity index (χ3v) is 2.98. The van der Waals surface area contributed by atoms with E-state index in [1.807, 2.05) is 0 Å². The first-order valence-corrected chi connectivity index (χ1v) is 7.21. The minimum absolute atomic E-state index is 0.721. The number of aromatic nitrogens is 6. The molecule has 0 aliphatic carbocycles. The summed E-state index contributed by atoms with van der Waals surface area (Å²) in [6.45, 7) is 4.29. The molecule has 0 saturated heterocycles. The van der Waals surface area contributed by atoms with Crippen molar-refractivity contribution in [3.63, 3.8) is 0 Å². The molecule has 2 aromatic rings. The third kappa shape index (κ3) is 4.01. The van der Waals surface area contributed by atoms with Gasteiger partial charge in [0, 0.05) is 12.8 Å². The van der Waals surface area contributed by atoms with Crippen molar-refractivity contribution in [2.75, 3.05) is 0 Å². The van der Waals surface area contributed by atoms with E-state index in [1.165, 1.54) is 0 Å². The lowest BCUT2D eigenvalue weighted by Gasteiger charge is -2.03. The fourth-order valence-corrected chi connectivity index (χ4v) is 1.81. The topological polar surface area (TPSA) is 77.3 Å². The molecule has 20 heavy (non-hydrogen) atoms. The first-order valence-electron chi connectivity index (χ1n) is 7.21. The van der Waals surface area contributed by atoms with Gasteiger partial charge in [-0.3, -0.25) is 0 Å². The molecule has 0 unspecified atom stereocenters. The number of hydrogen-bond acceptors (Lipinski definition) is 6. The quantitative estimate of drug-likeness (QED) is 0.770. The summed E-state index contributed by atoms with van der Waals surface area (Å²) in [6, 6.07) is 0. The molecule has 6 nitrogen and oxygen atoms in total. The van der Waals surface area contributed by atoms with Crippen LogP contribution in [0.5, 0.6) is 0 Å². The fourth-order valence-electron chi connectivity index (χ4n) is 1.81. The molecular weight excluding hydrogens is 252 g/mol. The fraction of sp³-hybridized carbons (Fsp3) is 0.571. The summed E-state index contributed by atoms with van der Waals surface area (Å²) in [5.41, 5.74) is 1.44. The minimum Gasteiger partial charge on any atom is -0.228 e. The normalized spacial score (nSPS) is 10.7. The van der Waals surface area contributed by atoms with Gasteiger partial charge in [-0.15, -0.1) is 10.2 Å². The van der Waals surface area contributed by atoms with E-state index in [9.17, 15) is 0 Å².